The molecule has 5 rings (SSSR count). The summed E-state index contributed by atoms with van der Waals surface area (Å²) >= 11 is 1.72. The molecule has 0 spiro atoms. The number of aryl methyl sites for hydroxylation is 2. The van der Waals surface area contributed by atoms with Crippen molar-refractivity contribution in [2.24, 2.45) is 11.8 Å². The topological polar surface area (TPSA) is 50.2 Å². The van der Waals surface area contributed by atoms with Crippen LogP contribution < -0.4 is 0 Å². The van der Waals surface area contributed by atoms with Crippen LogP contribution in [-0.2, 0) is 31.3 Å². The van der Waals surface area contributed by atoms with E-state index in [4.69, 9.17) is 4.98 Å². The summed E-state index contributed by atoms with van der Waals surface area (Å²) in [6, 6.07) is 20.6. The second-order valence-corrected chi connectivity index (χ2v) is 14.0. The van der Waals surface area contributed by atoms with Crippen LogP contribution in [0, 0.1) is 24.8 Å². The number of aliphatic hydroxyl groups is 1. The van der Waals surface area contributed by atoms with Crippen LogP contribution in [0.4, 0.5) is 8.78 Å². The van der Waals surface area contributed by atoms with Crippen LogP contribution in [0.1, 0.15) is 109 Å². The van der Waals surface area contributed by atoms with Crippen molar-refractivity contribution in [3.8, 4) is 11.3 Å². The van der Waals surface area contributed by atoms with Gasteiger partial charge in [0.15, 0.2) is 5.78 Å². The van der Waals surface area contributed by atoms with Crippen molar-refractivity contribution >= 4 is 48.1 Å². The third kappa shape index (κ3) is 9.46. The summed E-state index contributed by atoms with van der Waals surface area (Å²) in [5.41, 5.74) is 5.44. The Balaban J connectivity index is 0.000000361. The first kappa shape index (κ1) is 41.4. The van der Waals surface area contributed by atoms with Gasteiger partial charge in [-0.1, -0.05) is 95.7 Å². The molecule has 0 saturated heterocycles. The van der Waals surface area contributed by atoms with Crippen LogP contribution in [0.25, 0.3) is 42.2 Å². The standard InChI is InChI=1S/C30H28F2NS.C13H24O2.Ir/c1-4-19(5-2)26-17-22(16-21-8-6-7-9-23(21)26)28-30-25(14-15-33-28)24-12-10-20(11-13-27(31)32)18(3)29(24)34-30;1-5-10(6-2)12(14)9-13(15)11(7-3)8-4;/h6-10,12,14-15,17,19,27H,4-5,11,13H2,1-3H3;9-11,14H,5-8H2,1-4H3;/q-1;;/b;12-9-;. The molecule has 2 heterocycles. The molecule has 1 N–H and O–H groups in total. The molecular formula is C43H52F2IrNO2S-. The number of aromatic nitrogens is 1. The molecule has 0 saturated carbocycles. The van der Waals surface area contributed by atoms with Gasteiger partial charge in [0, 0.05) is 71.1 Å². The first-order chi connectivity index (χ1) is 23.6. The number of benzene rings is 3. The number of halogens is 2. The van der Waals surface area contributed by atoms with Crippen LogP contribution in [0.3, 0.4) is 0 Å². The van der Waals surface area contributed by atoms with Crippen molar-refractivity contribution in [2.45, 2.75) is 112 Å². The zero-order chi connectivity index (χ0) is 35.7. The number of carbonyl (C=O) groups excluding carboxylic acids is 1. The monoisotopic (exact) mass is 877 g/mol. The first-order valence-corrected chi connectivity index (χ1v) is 18.9. The quantitative estimate of drug-likeness (QED) is 0.0687. The maximum Gasteiger partial charge on any atom is 0.239 e. The van der Waals surface area contributed by atoms with Gasteiger partial charge in [-0.05, 0) is 67.5 Å². The van der Waals surface area contributed by atoms with Crippen molar-refractivity contribution in [1.29, 1.82) is 0 Å². The molecular weight excluding hydrogens is 825 g/mol. The van der Waals surface area contributed by atoms with E-state index in [1.807, 2.05) is 40.0 Å². The second kappa shape index (κ2) is 19.6. The second-order valence-electron chi connectivity index (χ2n) is 13.0. The Morgan fingerprint density at radius 3 is 2.12 bits per heavy atom. The Morgan fingerprint density at radius 1 is 0.860 bits per heavy atom. The fourth-order valence-corrected chi connectivity index (χ4v) is 8.22. The van der Waals surface area contributed by atoms with E-state index in [2.05, 4.69) is 69.3 Å². The number of allylic oxidation sites excluding steroid dienone is 2. The van der Waals surface area contributed by atoms with E-state index < -0.39 is 6.43 Å². The maximum atomic E-state index is 12.8. The fourth-order valence-electron chi connectivity index (χ4n) is 6.90. The SMILES string of the molecule is CCC(CC)C(=O)/C=C(\O)C(CC)CC.CCC(CC)c1cc(-c2nccc3c2sc2c(C)c(CCC(F)F)ccc23)[c-]c2ccccc12.[Ir]. The van der Waals surface area contributed by atoms with Crippen LogP contribution in [-0.4, -0.2) is 22.3 Å². The van der Waals surface area contributed by atoms with Gasteiger partial charge in [-0.15, -0.1) is 40.5 Å². The number of nitrogens with zero attached hydrogens (tertiary/aromatic N) is 1. The van der Waals surface area contributed by atoms with Gasteiger partial charge in [-0.25, -0.2) is 8.78 Å². The molecule has 0 amide bonds. The number of fused-ring (bicyclic) bond motifs is 4. The normalized spacial score (nSPS) is 12.0. The van der Waals surface area contributed by atoms with Crippen LogP contribution in [0.5, 0.6) is 0 Å². The Bertz CT molecular complexity index is 1890. The number of thiophene rings is 1. The van der Waals surface area contributed by atoms with Crippen LogP contribution in [0.2, 0.25) is 0 Å². The summed E-state index contributed by atoms with van der Waals surface area (Å²) in [5.74, 6) is 1.03. The molecule has 5 aromatic rings. The third-order valence-corrected chi connectivity index (χ3v) is 11.5. The van der Waals surface area contributed by atoms with Crippen molar-refractivity contribution in [2.75, 3.05) is 0 Å². The number of alkyl halides is 2. The van der Waals surface area contributed by atoms with Gasteiger partial charge in [0.05, 0.1) is 5.76 Å². The molecule has 0 fully saturated rings. The average Bonchev–Trinajstić information content (AvgIpc) is 3.49. The predicted molar refractivity (Wildman–Crippen MR) is 205 cm³/mol. The molecule has 0 aliphatic carbocycles. The van der Waals surface area contributed by atoms with Gasteiger partial charge in [-0.3, -0.25) is 9.78 Å². The number of rotatable bonds is 14. The van der Waals surface area contributed by atoms with E-state index in [9.17, 15) is 18.7 Å². The van der Waals surface area contributed by atoms with E-state index in [1.54, 1.807) is 11.3 Å². The minimum absolute atomic E-state index is 0. The minimum Gasteiger partial charge on any atom is -0.512 e. The molecule has 0 aliphatic rings. The van der Waals surface area contributed by atoms with Crippen LogP contribution in [0.15, 0.2) is 66.6 Å². The van der Waals surface area contributed by atoms with Crippen LogP contribution >= 0.6 is 11.3 Å². The van der Waals surface area contributed by atoms with Crippen molar-refractivity contribution in [3.63, 3.8) is 0 Å². The maximum absolute atomic E-state index is 12.8. The molecule has 3 nitrogen and oxygen atoms in total. The molecule has 2 aromatic heterocycles. The number of carbonyl (C=O) groups is 1. The van der Waals surface area contributed by atoms with E-state index in [1.165, 1.54) is 27.8 Å². The number of hydrogen-bond donors (Lipinski definition) is 1. The van der Waals surface area contributed by atoms with E-state index in [-0.39, 0.29) is 49.9 Å². The molecule has 1 radical (unpaired) electrons. The zero-order valence-corrected chi connectivity index (χ0v) is 33.8. The van der Waals surface area contributed by atoms with Gasteiger partial charge >= 0.3 is 0 Å². The molecule has 50 heavy (non-hydrogen) atoms. The zero-order valence-electron chi connectivity index (χ0n) is 30.5. The molecule has 7 heteroatoms. The predicted octanol–water partition coefficient (Wildman–Crippen LogP) is 13.3. The number of aliphatic hydroxyl groups excluding tert-OH is 1. The molecule has 0 aliphatic heterocycles. The summed E-state index contributed by atoms with van der Waals surface area (Å²) in [7, 11) is 0. The summed E-state index contributed by atoms with van der Waals surface area (Å²) < 4.78 is 27.9. The summed E-state index contributed by atoms with van der Waals surface area (Å²) in [5, 5.41) is 14.5. The summed E-state index contributed by atoms with van der Waals surface area (Å²) in [6.07, 6.45) is 6.98. The minimum atomic E-state index is -2.28. The number of pyridine rings is 1. The summed E-state index contributed by atoms with van der Waals surface area (Å²) in [6.45, 7) is 14.6. The van der Waals surface area contributed by atoms with Crippen molar-refractivity contribution in [3.05, 3.63) is 89.3 Å². The largest absolute Gasteiger partial charge is 0.512 e. The van der Waals surface area contributed by atoms with E-state index in [0.29, 0.717) is 12.3 Å². The van der Waals surface area contributed by atoms with Crippen molar-refractivity contribution in [1.82, 2.24) is 4.98 Å². The molecule has 0 atom stereocenters. The molecule has 3 aromatic carbocycles. The number of hydrogen-bond acceptors (Lipinski definition) is 4. The molecule has 0 bridgehead atoms. The summed E-state index contributed by atoms with van der Waals surface area (Å²) in [4.78, 5) is 16.5. The average molecular weight is 877 g/mol. The van der Waals surface area contributed by atoms with Gasteiger partial charge in [0.1, 0.15) is 0 Å². The first-order valence-electron chi connectivity index (χ1n) is 18.1. The number of ketones is 1. The van der Waals surface area contributed by atoms with Gasteiger partial charge in [-0.2, -0.15) is 0 Å². The van der Waals surface area contributed by atoms with Gasteiger partial charge < -0.3 is 5.11 Å². The fraction of sp³-hybridized carbons (Fsp3) is 0.442. The van der Waals surface area contributed by atoms with E-state index in [0.717, 1.165) is 75.7 Å². The molecule has 0 unspecified atom stereocenters. The van der Waals surface area contributed by atoms with Gasteiger partial charge in [0.25, 0.3) is 0 Å². The smallest absolute Gasteiger partial charge is 0.239 e. The van der Waals surface area contributed by atoms with Crippen molar-refractivity contribution < 1.29 is 38.8 Å². The Kier molecular flexibility index (Phi) is 16.2. The Hall–Kier alpha value is -2.99. The van der Waals surface area contributed by atoms with Gasteiger partial charge in [0.2, 0.25) is 6.43 Å². The third-order valence-electron chi connectivity index (χ3n) is 10.1. The van der Waals surface area contributed by atoms with E-state index >= 15 is 0 Å². The Labute approximate surface area is 315 Å². The molecule has 271 valence electrons. The Morgan fingerprint density at radius 2 is 1.50 bits per heavy atom.